The zero-order valence-electron chi connectivity index (χ0n) is 17.5. The van der Waals surface area contributed by atoms with Crippen molar-refractivity contribution in [2.24, 2.45) is 0 Å². The Morgan fingerprint density at radius 1 is 0.727 bits per heavy atom. The van der Waals surface area contributed by atoms with E-state index in [4.69, 9.17) is 24.5 Å². The summed E-state index contributed by atoms with van der Waals surface area (Å²) in [6, 6.07) is 21.2. The van der Waals surface area contributed by atoms with E-state index in [0.717, 1.165) is 34.8 Å². The topological polar surface area (TPSA) is 88.9 Å². The van der Waals surface area contributed by atoms with E-state index in [1.165, 1.54) is 0 Å². The van der Waals surface area contributed by atoms with Gasteiger partial charge in [0.2, 0.25) is 0 Å². The summed E-state index contributed by atoms with van der Waals surface area (Å²) < 4.78 is 0. The van der Waals surface area contributed by atoms with E-state index in [1.807, 2.05) is 66.7 Å². The van der Waals surface area contributed by atoms with Gasteiger partial charge in [0, 0.05) is 31.2 Å². The molecule has 33 heavy (non-hydrogen) atoms. The first-order valence-electron chi connectivity index (χ1n) is 9.89. The molecule has 4 rings (SSSR count). The maximum atomic E-state index is 10.5. The molecule has 6 nitrogen and oxygen atoms in total. The quantitative estimate of drug-likeness (QED) is 0.283. The molecule has 0 amide bonds. The number of aryl methyl sites for hydroxylation is 1. The van der Waals surface area contributed by atoms with Gasteiger partial charge in [0.15, 0.2) is 0 Å². The van der Waals surface area contributed by atoms with E-state index < -0.39 is 5.97 Å². The summed E-state index contributed by atoms with van der Waals surface area (Å²) in [5.74, 6) is -0.756. The van der Waals surface area contributed by atoms with Gasteiger partial charge in [0.25, 0.3) is 0 Å². The molecule has 4 heterocycles. The monoisotopic (exact) mass is 570 g/mol. The molecule has 0 radical (unpaired) electrons. The number of hydrogen-bond acceptors (Lipinski definition) is 5. The first kappa shape index (κ1) is 26.5. The molecule has 0 aliphatic heterocycles. The number of carbonyl (C=O) groups is 1. The van der Waals surface area contributed by atoms with Crippen LogP contribution >= 0.6 is 19.4 Å². The third-order valence-electron chi connectivity index (χ3n) is 4.20. The van der Waals surface area contributed by atoms with Crippen LogP contribution in [0.4, 0.5) is 0 Å². The normalized spacial score (nSPS) is 9.76. The van der Waals surface area contributed by atoms with E-state index in [1.54, 1.807) is 24.8 Å². The summed E-state index contributed by atoms with van der Waals surface area (Å²) >= 11 is -0.346. The van der Waals surface area contributed by atoms with Crippen molar-refractivity contribution >= 4 is 25.4 Å². The van der Waals surface area contributed by atoms with Gasteiger partial charge in [-0.15, -0.1) is 0 Å². The fourth-order valence-corrected chi connectivity index (χ4v) is 2.76. The van der Waals surface area contributed by atoms with Gasteiger partial charge in [0.05, 0.1) is 22.8 Å². The van der Waals surface area contributed by atoms with E-state index in [2.05, 4.69) is 19.9 Å². The predicted molar refractivity (Wildman–Crippen MR) is 127 cm³/mol. The van der Waals surface area contributed by atoms with Crippen LogP contribution in [0.2, 0.25) is 0 Å². The average molecular weight is 570 g/mol. The number of carboxylic acids is 1. The minimum atomic E-state index is -0.756. The Hall–Kier alpha value is -2.73. The van der Waals surface area contributed by atoms with Gasteiger partial charge in [-0.1, -0.05) is 18.2 Å². The van der Waals surface area contributed by atoms with Crippen molar-refractivity contribution in [2.45, 2.75) is 19.3 Å². The Morgan fingerprint density at radius 3 is 1.61 bits per heavy atom. The van der Waals surface area contributed by atoms with E-state index in [9.17, 15) is 4.79 Å². The van der Waals surface area contributed by atoms with Crippen molar-refractivity contribution in [3.63, 3.8) is 0 Å². The predicted octanol–water partition coefficient (Wildman–Crippen LogP) is 6.07. The number of carboxylic acid groups (broad SMARTS) is 1. The molecule has 172 valence electrons. The summed E-state index contributed by atoms with van der Waals surface area (Å²) in [6.45, 7) is 0. The number of aliphatic carboxylic acids is 1. The van der Waals surface area contributed by atoms with Gasteiger partial charge < -0.3 is 5.11 Å². The second-order valence-corrected chi connectivity index (χ2v) is 9.13. The van der Waals surface area contributed by atoms with E-state index >= 15 is 0 Å². The largest absolute Gasteiger partial charge is 0.255 e. The van der Waals surface area contributed by atoms with Crippen molar-refractivity contribution in [3.05, 3.63) is 97.1 Å². The molecule has 0 unspecified atom stereocenters. The van der Waals surface area contributed by atoms with Crippen LogP contribution in [0.1, 0.15) is 18.4 Å². The maximum absolute atomic E-state index is 10.5. The number of pyridine rings is 4. The molecule has 0 spiro atoms. The van der Waals surface area contributed by atoms with Crippen LogP contribution in [0.15, 0.2) is 91.5 Å². The Bertz CT molecular complexity index is 1040. The van der Waals surface area contributed by atoms with Crippen molar-refractivity contribution < 1.29 is 25.0 Å². The van der Waals surface area contributed by atoms with E-state index in [-0.39, 0.29) is 21.6 Å². The summed E-state index contributed by atoms with van der Waals surface area (Å²) in [7, 11) is 9.71. The second-order valence-electron chi connectivity index (χ2n) is 6.49. The van der Waals surface area contributed by atoms with Crippen molar-refractivity contribution in [1.29, 1.82) is 0 Å². The molecule has 0 saturated carbocycles. The third-order valence-corrected chi connectivity index (χ3v) is 4.20. The summed E-state index contributed by atoms with van der Waals surface area (Å²) in [6.07, 6.45) is 8.58. The van der Waals surface area contributed by atoms with Crippen LogP contribution < -0.4 is 0 Å². The number of nitrogens with zero attached hydrogens (tertiary/aromatic N) is 4. The van der Waals surface area contributed by atoms with Gasteiger partial charge in [-0.2, -0.15) is 0 Å². The Balaban J connectivity index is 0.000000221. The molecule has 1 N–H and O–H groups in total. The number of rotatable bonds is 6. The van der Waals surface area contributed by atoms with Crippen LogP contribution in [0.3, 0.4) is 0 Å². The number of halogens is 2. The van der Waals surface area contributed by atoms with Crippen molar-refractivity contribution in [2.75, 3.05) is 0 Å². The maximum Gasteiger partial charge on any atom is 0.0886 e. The minimum absolute atomic E-state index is 0.196. The van der Waals surface area contributed by atoms with Gasteiger partial charge in [-0.3, -0.25) is 24.7 Å². The zero-order valence-corrected chi connectivity index (χ0v) is 20.8. The Morgan fingerprint density at radius 2 is 1.18 bits per heavy atom. The second kappa shape index (κ2) is 16.0. The summed E-state index contributed by atoms with van der Waals surface area (Å²) in [4.78, 5) is 27.3. The third kappa shape index (κ3) is 10.6. The first-order valence-corrected chi connectivity index (χ1v) is 14.4. The molecule has 4 aromatic rings. The molecule has 0 fully saturated rings. The number of hydrogen-bond donors (Lipinski definition) is 1. The summed E-state index contributed by atoms with van der Waals surface area (Å²) in [5.41, 5.74) is 4.57. The Kier molecular flexibility index (Phi) is 12.8. The van der Waals surface area contributed by atoms with Crippen LogP contribution in [-0.4, -0.2) is 31.0 Å². The fourth-order valence-electron chi connectivity index (χ4n) is 2.76. The van der Waals surface area contributed by atoms with Crippen LogP contribution in [0.5, 0.6) is 0 Å². The fraction of sp³-hybridized carbons (Fsp3) is 0.125. The molecule has 0 aromatic carbocycles. The first-order chi connectivity index (χ1) is 16.1. The van der Waals surface area contributed by atoms with Crippen LogP contribution in [-0.2, 0) is 26.4 Å². The van der Waals surface area contributed by atoms with Crippen molar-refractivity contribution in [1.82, 2.24) is 19.9 Å². The average Bonchev–Trinajstić information content (AvgIpc) is 2.87. The van der Waals surface area contributed by atoms with Gasteiger partial charge in [0.1, 0.15) is 0 Å². The standard InChI is InChI=1S/C14H14N2O2.C10H8N2.2ClH.Ru/c17-14(18)6-3-4-11-7-9-16-13(10-11)12-5-1-2-8-15-12;1-3-7-11-9(5-1)10-6-2-4-8-12-10;;;/h1-2,5,7-10H,3-4,6H2,(H,17,18);1-8H;2*1H;/q;;;;+2/p-2. The van der Waals surface area contributed by atoms with Gasteiger partial charge in [-0.25, -0.2) is 0 Å². The number of aromatic nitrogens is 4. The summed E-state index contributed by atoms with van der Waals surface area (Å²) in [5, 5.41) is 8.60. The molecular weight excluding hydrogens is 548 g/mol. The molecule has 9 heteroatoms. The zero-order chi connectivity index (χ0) is 23.7. The molecule has 0 aliphatic carbocycles. The molecule has 0 atom stereocenters. The van der Waals surface area contributed by atoms with E-state index in [0.29, 0.717) is 6.42 Å². The van der Waals surface area contributed by atoms with Crippen molar-refractivity contribution in [3.8, 4) is 22.8 Å². The SMILES string of the molecule is O=C(O)CCCc1ccnc(-c2ccccn2)c1.[Cl][Ru][Cl].c1ccc(-c2ccccn2)nc1. The van der Waals surface area contributed by atoms with Gasteiger partial charge in [-0.05, 0) is 66.9 Å². The molecule has 0 bridgehead atoms. The molecule has 0 aliphatic rings. The van der Waals surface area contributed by atoms with Gasteiger partial charge >= 0.3 is 40.5 Å². The Labute approximate surface area is 208 Å². The smallest absolute Gasteiger partial charge is 0.0886 e. The van der Waals surface area contributed by atoms with Crippen LogP contribution in [0, 0.1) is 0 Å². The van der Waals surface area contributed by atoms with Crippen LogP contribution in [0.25, 0.3) is 22.8 Å². The molecule has 0 saturated heterocycles. The minimum Gasteiger partial charge on any atom is -0.255 e. The molecular formula is C24H22Cl2N4O2Ru. The molecule has 4 aromatic heterocycles.